The van der Waals surface area contributed by atoms with Crippen molar-refractivity contribution in [1.29, 1.82) is 0 Å². The van der Waals surface area contributed by atoms with Crippen LogP contribution in [0.25, 0.3) is 0 Å². The Labute approximate surface area is 144 Å². The van der Waals surface area contributed by atoms with Gasteiger partial charge in [-0.2, -0.15) is 0 Å². The monoisotopic (exact) mass is 345 g/mol. The topological polar surface area (TPSA) is 59.2 Å². The SMILES string of the molecule is Cl.Cl.N[C@H](Cc1ccncc1)C(=O)N1CCC2(CCCC2)C1. The van der Waals surface area contributed by atoms with E-state index >= 15 is 0 Å². The molecule has 22 heavy (non-hydrogen) atoms. The summed E-state index contributed by atoms with van der Waals surface area (Å²) >= 11 is 0. The first-order chi connectivity index (χ1) is 9.69. The molecule has 0 radical (unpaired) electrons. The maximum absolute atomic E-state index is 12.5. The number of carbonyl (C=O) groups is 1. The highest BCUT2D eigenvalue weighted by Crippen LogP contribution is 2.45. The lowest BCUT2D eigenvalue weighted by Crippen LogP contribution is -2.44. The number of amides is 1. The summed E-state index contributed by atoms with van der Waals surface area (Å²) in [6.07, 6.45) is 10.5. The van der Waals surface area contributed by atoms with Crippen molar-refractivity contribution in [2.45, 2.75) is 44.6 Å². The van der Waals surface area contributed by atoms with Crippen molar-refractivity contribution in [1.82, 2.24) is 9.88 Å². The first-order valence-electron chi connectivity index (χ1n) is 7.62. The van der Waals surface area contributed by atoms with Gasteiger partial charge < -0.3 is 10.6 Å². The van der Waals surface area contributed by atoms with Crippen molar-refractivity contribution in [3.05, 3.63) is 30.1 Å². The van der Waals surface area contributed by atoms with Crippen molar-refractivity contribution >= 4 is 30.7 Å². The van der Waals surface area contributed by atoms with Crippen molar-refractivity contribution in [2.75, 3.05) is 13.1 Å². The summed E-state index contributed by atoms with van der Waals surface area (Å²) in [6, 6.07) is 3.43. The third-order valence-corrected chi connectivity index (χ3v) is 4.94. The van der Waals surface area contributed by atoms with Crippen molar-refractivity contribution in [2.24, 2.45) is 11.1 Å². The number of likely N-dealkylation sites (tertiary alicyclic amines) is 1. The Morgan fingerprint density at radius 3 is 2.50 bits per heavy atom. The Balaban J connectivity index is 0.00000121. The normalized spacial score (nSPS) is 20.3. The minimum Gasteiger partial charge on any atom is -0.341 e. The lowest BCUT2D eigenvalue weighted by atomic mass is 9.86. The van der Waals surface area contributed by atoms with Crippen LogP contribution in [0, 0.1) is 5.41 Å². The van der Waals surface area contributed by atoms with Gasteiger partial charge in [-0.15, -0.1) is 24.8 Å². The van der Waals surface area contributed by atoms with Gasteiger partial charge >= 0.3 is 0 Å². The number of carbonyl (C=O) groups excluding carboxylic acids is 1. The predicted octanol–water partition coefficient (Wildman–Crippen LogP) is 2.59. The van der Waals surface area contributed by atoms with Crippen LogP contribution in [0.3, 0.4) is 0 Å². The zero-order valence-electron chi connectivity index (χ0n) is 12.7. The molecule has 1 amide bonds. The summed E-state index contributed by atoms with van der Waals surface area (Å²) < 4.78 is 0. The molecule has 2 fully saturated rings. The van der Waals surface area contributed by atoms with Gasteiger partial charge in [-0.3, -0.25) is 9.78 Å². The van der Waals surface area contributed by atoms with E-state index in [1.54, 1.807) is 12.4 Å². The van der Waals surface area contributed by atoms with E-state index < -0.39 is 6.04 Å². The van der Waals surface area contributed by atoms with Crippen LogP contribution in [0.15, 0.2) is 24.5 Å². The molecule has 0 unspecified atom stereocenters. The molecule has 4 nitrogen and oxygen atoms in total. The third kappa shape index (κ3) is 4.12. The van der Waals surface area contributed by atoms with E-state index in [1.165, 1.54) is 32.1 Å². The highest BCUT2D eigenvalue weighted by molar-refractivity contribution is 5.85. The van der Waals surface area contributed by atoms with Gasteiger partial charge in [-0.1, -0.05) is 12.8 Å². The second-order valence-corrected chi connectivity index (χ2v) is 6.38. The van der Waals surface area contributed by atoms with E-state index in [2.05, 4.69) is 4.98 Å². The molecule has 2 N–H and O–H groups in total. The summed E-state index contributed by atoms with van der Waals surface area (Å²) in [5.74, 6) is 0.116. The molecule has 0 bridgehead atoms. The molecule has 1 aromatic heterocycles. The van der Waals surface area contributed by atoms with Gasteiger partial charge in [0.1, 0.15) is 0 Å². The second kappa shape index (κ2) is 8.14. The maximum Gasteiger partial charge on any atom is 0.239 e. The molecule has 1 aromatic rings. The van der Waals surface area contributed by atoms with Crippen molar-refractivity contribution < 1.29 is 4.79 Å². The largest absolute Gasteiger partial charge is 0.341 e. The van der Waals surface area contributed by atoms with Crippen molar-refractivity contribution in [3.8, 4) is 0 Å². The summed E-state index contributed by atoms with van der Waals surface area (Å²) in [4.78, 5) is 18.5. The summed E-state index contributed by atoms with van der Waals surface area (Å²) in [6.45, 7) is 1.82. The Morgan fingerprint density at radius 2 is 1.86 bits per heavy atom. The van der Waals surface area contributed by atoms with Crippen LogP contribution in [0.1, 0.15) is 37.7 Å². The van der Waals surface area contributed by atoms with Crippen LogP contribution in [-0.4, -0.2) is 34.9 Å². The fourth-order valence-electron chi connectivity index (χ4n) is 3.75. The van der Waals surface area contributed by atoms with E-state index in [9.17, 15) is 4.79 Å². The fraction of sp³-hybridized carbons (Fsp3) is 0.625. The Morgan fingerprint density at radius 1 is 1.23 bits per heavy atom. The van der Waals surface area contributed by atoms with Crippen LogP contribution in [-0.2, 0) is 11.2 Å². The number of hydrogen-bond donors (Lipinski definition) is 1. The zero-order valence-corrected chi connectivity index (χ0v) is 14.4. The van der Waals surface area contributed by atoms with Crippen LogP contribution >= 0.6 is 24.8 Å². The molecule has 1 atom stereocenters. The second-order valence-electron chi connectivity index (χ2n) is 6.38. The number of nitrogens with zero attached hydrogens (tertiary/aromatic N) is 2. The van der Waals surface area contributed by atoms with Gasteiger partial charge in [0.2, 0.25) is 5.91 Å². The van der Waals surface area contributed by atoms with Crippen LogP contribution in [0.5, 0.6) is 0 Å². The number of halogens is 2. The molecule has 124 valence electrons. The highest BCUT2D eigenvalue weighted by Gasteiger charge is 2.42. The van der Waals surface area contributed by atoms with E-state index in [0.717, 1.165) is 18.7 Å². The first kappa shape index (κ1) is 19.2. The molecular formula is C16H25Cl2N3O. The van der Waals surface area contributed by atoms with E-state index in [1.807, 2.05) is 17.0 Å². The smallest absolute Gasteiger partial charge is 0.239 e. The van der Waals surface area contributed by atoms with Gasteiger partial charge in [-0.05, 0) is 48.8 Å². The molecule has 2 aliphatic rings. The third-order valence-electron chi connectivity index (χ3n) is 4.94. The predicted molar refractivity (Wildman–Crippen MR) is 92.5 cm³/mol. The highest BCUT2D eigenvalue weighted by atomic mass is 35.5. The quantitative estimate of drug-likeness (QED) is 0.915. The molecule has 1 aliphatic heterocycles. The number of hydrogen-bond acceptors (Lipinski definition) is 3. The standard InChI is InChI=1S/C16H23N3O.2ClH/c17-14(11-13-3-8-18-9-4-13)15(20)19-10-7-16(12-19)5-1-2-6-16;;/h3-4,8-9,14H,1-2,5-7,10-12,17H2;2*1H/t14-;;/m1../s1. The average Bonchev–Trinajstić information content (AvgIpc) is 3.10. The lowest BCUT2D eigenvalue weighted by Gasteiger charge is -2.25. The number of pyridine rings is 1. The van der Waals surface area contributed by atoms with E-state index in [-0.39, 0.29) is 30.7 Å². The fourth-order valence-corrected chi connectivity index (χ4v) is 3.75. The minimum atomic E-state index is -0.422. The van der Waals surface area contributed by atoms with E-state index in [4.69, 9.17) is 5.73 Å². The van der Waals surface area contributed by atoms with Crippen LogP contribution in [0.2, 0.25) is 0 Å². The molecule has 6 heteroatoms. The summed E-state index contributed by atoms with van der Waals surface area (Å²) in [5.41, 5.74) is 7.61. The van der Waals surface area contributed by atoms with Gasteiger partial charge in [0.25, 0.3) is 0 Å². The molecule has 1 spiro atoms. The van der Waals surface area contributed by atoms with Crippen LogP contribution < -0.4 is 5.73 Å². The maximum atomic E-state index is 12.5. The summed E-state index contributed by atoms with van der Waals surface area (Å²) in [5, 5.41) is 0. The van der Waals surface area contributed by atoms with Gasteiger partial charge in [-0.25, -0.2) is 0 Å². The molecule has 0 aromatic carbocycles. The van der Waals surface area contributed by atoms with Crippen LogP contribution in [0.4, 0.5) is 0 Å². The number of rotatable bonds is 3. The molecular weight excluding hydrogens is 321 g/mol. The zero-order chi connectivity index (χ0) is 14.0. The molecule has 1 saturated carbocycles. The molecule has 2 heterocycles. The Bertz CT molecular complexity index is 478. The average molecular weight is 346 g/mol. The van der Waals surface area contributed by atoms with Crippen molar-refractivity contribution in [3.63, 3.8) is 0 Å². The first-order valence-corrected chi connectivity index (χ1v) is 7.62. The number of aromatic nitrogens is 1. The van der Waals surface area contributed by atoms with E-state index in [0.29, 0.717) is 11.8 Å². The molecule has 3 rings (SSSR count). The Kier molecular flexibility index (Phi) is 7.10. The summed E-state index contributed by atoms with van der Waals surface area (Å²) in [7, 11) is 0. The van der Waals surface area contributed by atoms with Gasteiger partial charge in [0, 0.05) is 25.5 Å². The Hall–Kier alpha value is -0.840. The number of nitrogens with two attached hydrogens (primary N) is 1. The van der Waals surface area contributed by atoms with Gasteiger partial charge in [0.15, 0.2) is 0 Å². The van der Waals surface area contributed by atoms with Gasteiger partial charge in [0.05, 0.1) is 6.04 Å². The molecule has 1 saturated heterocycles. The molecule has 1 aliphatic carbocycles. The lowest BCUT2D eigenvalue weighted by molar-refractivity contribution is -0.131. The minimum absolute atomic E-state index is 0.